The summed E-state index contributed by atoms with van der Waals surface area (Å²) in [5, 5.41) is 12.3. The second kappa shape index (κ2) is 5.18. The smallest absolute Gasteiger partial charge is 0.229 e. The monoisotopic (exact) mass is 301 g/mol. The van der Waals surface area contributed by atoms with E-state index in [0.29, 0.717) is 5.69 Å². The molecule has 0 spiro atoms. The van der Waals surface area contributed by atoms with E-state index in [0.717, 1.165) is 5.00 Å². The molecule has 2 aromatic rings. The first-order chi connectivity index (χ1) is 8.52. The third kappa shape index (κ3) is 2.32. The molecule has 0 bridgehead atoms. The normalized spacial score (nSPS) is 10.4. The lowest BCUT2D eigenvalue weighted by Gasteiger charge is -2.21. The Labute approximate surface area is 118 Å². The molecular formula is C12H9Cl2NO2S. The zero-order chi connectivity index (χ0) is 13.3. The van der Waals surface area contributed by atoms with Gasteiger partial charge in [0.15, 0.2) is 0 Å². The van der Waals surface area contributed by atoms with Crippen molar-refractivity contribution in [3.8, 4) is 5.75 Å². The molecule has 0 fully saturated rings. The molecule has 0 aliphatic rings. The van der Waals surface area contributed by atoms with Gasteiger partial charge in [-0.15, -0.1) is 11.3 Å². The Hall–Kier alpha value is -1.23. The minimum Gasteiger partial charge on any atom is -0.506 e. The maximum Gasteiger partial charge on any atom is 0.229 e. The molecule has 0 saturated carbocycles. The van der Waals surface area contributed by atoms with Gasteiger partial charge in [0, 0.05) is 6.92 Å². The Kier molecular flexibility index (Phi) is 3.80. The number of amides is 1. The quantitative estimate of drug-likeness (QED) is 0.890. The molecule has 94 valence electrons. The lowest BCUT2D eigenvalue weighted by molar-refractivity contribution is -0.115. The van der Waals surface area contributed by atoms with Gasteiger partial charge in [0.1, 0.15) is 15.8 Å². The van der Waals surface area contributed by atoms with Gasteiger partial charge in [-0.25, -0.2) is 0 Å². The summed E-state index contributed by atoms with van der Waals surface area (Å²) in [5.41, 5.74) is 0.453. The summed E-state index contributed by atoms with van der Waals surface area (Å²) in [6.07, 6.45) is 0. The summed E-state index contributed by atoms with van der Waals surface area (Å²) in [4.78, 5) is 13.2. The number of thiophene rings is 1. The van der Waals surface area contributed by atoms with Crippen molar-refractivity contribution in [3.05, 3.63) is 39.7 Å². The third-order valence-electron chi connectivity index (χ3n) is 2.32. The van der Waals surface area contributed by atoms with Crippen molar-refractivity contribution < 1.29 is 9.90 Å². The van der Waals surface area contributed by atoms with Gasteiger partial charge in [-0.1, -0.05) is 23.2 Å². The van der Waals surface area contributed by atoms with E-state index in [1.165, 1.54) is 29.2 Å². The largest absolute Gasteiger partial charge is 0.506 e. The lowest BCUT2D eigenvalue weighted by atomic mass is 10.2. The van der Waals surface area contributed by atoms with Crippen molar-refractivity contribution in [1.82, 2.24) is 0 Å². The van der Waals surface area contributed by atoms with Gasteiger partial charge < -0.3 is 5.11 Å². The number of phenolic OH excluding ortho intramolecular Hbond substituents is 1. The fourth-order valence-corrected chi connectivity index (χ4v) is 2.73. The molecule has 6 heteroatoms. The Morgan fingerprint density at radius 1 is 1.28 bits per heavy atom. The molecule has 1 aromatic carbocycles. The molecule has 0 unspecified atom stereocenters. The summed E-state index contributed by atoms with van der Waals surface area (Å²) >= 11 is 13.4. The van der Waals surface area contributed by atoms with E-state index in [4.69, 9.17) is 23.2 Å². The summed E-state index contributed by atoms with van der Waals surface area (Å²) in [5.74, 6) is -0.291. The number of carbonyl (C=O) groups excluding carboxylic acids is 1. The topological polar surface area (TPSA) is 40.5 Å². The third-order valence-corrected chi connectivity index (χ3v) is 4.04. The minimum atomic E-state index is -0.180. The number of hydrogen-bond donors (Lipinski definition) is 1. The maximum absolute atomic E-state index is 11.8. The number of nitrogens with zero attached hydrogens (tertiary/aromatic N) is 1. The average Bonchev–Trinajstić information content (AvgIpc) is 2.83. The van der Waals surface area contributed by atoms with Crippen molar-refractivity contribution in [2.75, 3.05) is 4.90 Å². The van der Waals surface area contributed by atoms with Crippen LogP contribution in [0.2, 0.25) is 10.0 Å². The summed E-state index contributed by atoms with van der Waals surface area (Å²) in [6, 6.07) is 6.62. The highest BCUT2D eigenvalue weighted by molar-refractivity contribution is 7.14. The molecule has 0 aliphatic heterocycles. The van der Waals surface area contributed by atoms with Crippen LogP contribution in [-0.4, -0.2) is 11.0 Å². The molecule has 2 rings (SSSR count). The van der Waals surface area contributed by atoms with E-state index in [1.54, 1.807) is 6.07 Å². The SMILES string of the molecule is CC(=O)N(c1cccs1)c1ccc(O)c(Cl)c1Cl. The molecule has 0 radical (unpaired) electrons. The zero-order valence-corrected chi connectivity index (χ0v) is 11.7. The first-order valence-corrected chi connectivity index (χ1v) is 6.67. The highest BCUT2D eigenvalue weighted by Crippen LogP contribution is 2.41. The van der Waals surface area contributed by atoms with Crippen molar-refractivity contribution in [2.45, 2.75) is 6.92 Å². The Balaban J connectivity index is 2.58. The van der Waals surface area contributed by atoms with Gasteiger partial charge in [-0.2, -0.15) is 0 Å². The Morgan fingerprint density at radius 3 is 2.56 bits per heavy atom. The molecule has 3 nitrogen and oxygen atoms in total. The van der Waals surface area contributed by atoms with Crippen LogP contribution in [0.3, 0.4) is 0 Å². The number of hydrogen-bond acceptors (Lipinski definition) is 3. The number of benzene rings is 1. The zero-order valence-electron chi connectivity index (χ0n) is 9.35. The maximum atomic E-state index is 11.8. The van der Waals surface area contributed by atoms with Crippen molar-refractivity contribution in [1.29, 1.82) is 0 Å². The minimum absolute atomic E-state index is 0.0389. The molecule has 0 atom stereocenters. The van der Waals surface area contributed by atoms with Gasteiger partial charge >= 0.3 is 0 Å². The molecule has 1 amide bonds. The van der Waals surface area contributed by atoms with Crippen LogP contribution in [0.4, 0.5) is 10.7 Å². The van der Waals surface area contributed by atoms with Gasteiger partial charge in [0.2, 0.25) is 5.91 Å². The first-order valence-electron chi connectivity index (χ1n) is 5.03. The number of halogens is 2. The van der Waals surface area contributed by atoms with Crippen LogP contribution < -0.4 is 4.90 Å². The highest BCUT2D eigenvalue weighted by Gasteiger charge is 2.20. The molecule has 1 N–H and O–H groups in total. The van der Waals surface area contributed by atoms with Gasteiger partial charge in [-0.3, -0.25) is 9.69 Å². The molecule has 18 heavy (non-hydrogen) atoms. The number of carbonyl (C=O) groups is 1. The van der Waals surface area contributed by atoms with Crippen molar-refractivity contribution in [2.24, 2.45) is 0 Å². The van der Waals surface area contributed by atoms with Crippen LogP contribution >= 0.6 is 34.5 Å². The summed E-state index contributed by atoms with van der Waals surface area (Å²) < 4.78 is 0. The van der Waals surface area contributed by atoms with Gasteiger partial charge in [0.25, 0.3) is 0 Å². The Bertz CT molecular complexity index is 584. The summed E-state index contributed by atoms with van der Waals surface area (Å²) in [6.45, 7) is 1.44. The van der Waals surface area contributed by atoms with Crippen LogP contribution in [0.1, 0.15) is 6.92 Å². The average molecular weight is 302 g/mol. The van der Waals surface area contributed by atoms with Gasteiger partial charge in [0.05, 0.1) is 10.7 Å². The van der Waals surface area contributed by atoms with E-state index in [-0.39, 0.29) is 21.7 Å². The van der Waals surface area contributed by atoms with Crippen molar-refractivity contribution >= 4 is 51.1 Å². The molecule has 1 heterocycles. The number of phenols is 1. The summed E-state index contributed by atoms with van der Waals surface area (Å²) in [7, 11) is 0. The second-order valence-electron chi connectivity index (χ2n) is 3.54. The van der Waals surface area contributed by atoms with Crippen LogP contribution in [0.5, 0.6) is 5.75 Å². The van der Waals surface area contributed by atoms with E-state index in [9.17, 15) is 9.90 Å². The van der Waals surface area contributed by atoms with E-state index < -0.39 is 0 Å². The second-order valence-corrected chi connectivity index (χ2v) is 5.22. The molecular weight excluding hydrogens is 293 g/mol. The number of rotatable bonds is 2. The van der Waals surface area contributed by atoms with Crippen LogP contribution in [0, 0.1) is 0 Å². The number of anilines is 2. The van der Waals surface area contributed by atoms with Gasteiger partial charge in [-0.05, 0) is 29.6 Å². The van der Waals surface area contributed by atoms with E-state index >= 15 is 0 Å². The number of aromatic hydroxyl groups is 1. The lowest BCUT2D eigenvalue weighted by Crippen LogP contribution is -2.22. The van der Waals surface area contributed by atoms with Crippen LogP contribution in [0.25, 0.3) is 0 Å². The first kappa shape index (κ1) is 13.2. The van der Waals surface area contributed by atoms with E-state index in [1.807, 2.05) is 17.5 Å². The predicted octanol–water partition coefficient (Wildman–Crippen LogP) is 4.45. The molecule has 1 aromatic heterocycles. The molecule has 0 saturated heterocycles. The predicted molar refractivity (Wildman–Crippen MR) is 75.3 cm³/mol. The van der Waals surface area contributed by atoms with Crippen LogP contribution in [0.15, 0.2) is 29.6 Å². The fourth-order valence-electron chi connectivity index (χ4n) is 1.54. The molecule has 0 aliphatic carbocycles. The highest BCUT2D eigenvalue weighted by atomic mass is 35.5. The van der Waals surface area contributed by atoms with Crippen molar-refractivity contribution in [3.63, 3.8) is 0 Å². The van der Waals surface area contributed by atoms with Crippen LogP contribution in [-0.2, 0) is 4.79 Å². The Morgan fingerprint density at radius 2 is 2.00 bits per heavy atom. The fraction of sp³-hybridized carbons (Fsp3) is 0.0833. The standard InChI is InChI=1S/C12H9Cl2NO2S/c1-7(16)15(10-3-2-6-18-10)8-4-5-9(17)12(14)11(8)13/h2-6,17H,1H3. The van der Waals surface area contributed by atoms with E-state index in [2.05, 4.69) is 0 Å².